The van der Waals surface area contributed by atoms with Crippen LogP contribution < -0.4 is 0 Å². The molecular weight excluding hydrogens is 840 g/mol. The molecule has 14 heteroatoms. The summed E-state index contributed by atoms with van der Waals surface area (Å²) in [6.07, 6.45) is 31.3. The number of unbranched alkanes of at least 4 members (excludes halogenated alkanes) is 30. The van der Waals surface area contributed by atoms with Gasteiger partial charge in [0.1, 0.15) is 43.2 Å². The number of phosphoric acid groups is 1. The van der Waals surface area contributed by atoms with E-state index in [1.54, 1.807) is 0 Å². The third kappa shape index (κ3) is 32.3. The first-order valence-corrected chi connectivity index (χ1v) is 27.5. The minimum atomic E-state index is -5.11. The Labute approximate surface area is 388 Å². The normalized spacial score (nSPS) is 21.6. The fourth-order valence-corrected chi connectivity index (χ4v) is 9.14. The van der Waals surface area contributed by atoms with Gasteiger partial charge < -0.3 is 39.9 Å². The number of phosphoric ester groups is 1. The molecule has 13 nitrogen and oxygen atoms in total. The van der Waals surface area contributed by atoms with Crippen molar-refractivity contribution in [1.82, 2.24) is 0 Å². The van der Waals surface area contributed by atoms with E-state index < -0.39 is 75.7 Å². The Morgan fingerprint density at radius 3 is 1.19 bits per heavy atom. The molecule has 0 aromatic heterocycles. The van der Waals surface area contributed by atoms with Crippen molar-refractivity contribution in [3.8, 4) is 0 Å². The Balaban J connectivity index is 2.34. The van der Waals surface area contributed by atoms with Gasteiger partial charge in [-0.3, -0.25) is 18.6 Å². The molecule has 0 amide bonds. The van der Waals surface area contributed by atoms with Crippen LogP contribution in [0.15, 0.2) is 12.2 Å². The van der Waals surface area contributed by atoms with Gasteiger partial charge in [0.15, 0.2) is 6.10 Å². The number of aliphatic hydroxyl groups excluding tert-OH is 5. The molecule has 0 radical (unpaired) electrons. The van der Waals surface area contributed by atoms with Crippen LogP contribution in [0.2, 0.25) is 0 Å². The molecule has 0 aromatic carbocycles. The van der Waals surface area contributed by atoms with Crippen molar-refractivity contribution in [2.24, 2.45) is 0 Å². The molecule has 1 rings (SSSR count). The topological polar surface area (TPSA) is 210 Å². The molecule has 6 atom stereocenters. The number of esters is 2. The maximum atomic E-state index is 12.8. The van der Waals surface area contributed by atoms with Crippen molar-refractivity contribution in [3.05, 3.63) is 12.2 Å². The van der Waals surface area contributed by atoms with Crippen LogP contribution in [0.5, 0.6) is 0 Å². The summed E-state index contributed by atoms with van der Waals surface area (Å²) in [5.74, 6) is -1.09. The first-order chi connectivity index (χ1) is 30.9. The summed E-state index contributed by atoms with van der Waals surface area (Å²) >= 11 is 0. The fraction of sp³-hybridized carbons (Fsp3) is 0.920. The van der Waals surface area contributed by atoms with Crippen LogP contribution in [0.1, 0.15) is 239 Å². The summed E-state index contributed by atoms with van der Waals surface area (Å²) in [6.45, 7) is 3.32. The summed E-state index contributed by atoms with van der Waals surface area (Å²) in [4.78, 5) is 35.8. The monoisotopic (exact) mass is 935 g/mol. The molecule has 0 aliphatic heterocycles. The van der Waals surface area contributed by atoms with Crippen LogP contribution in [-0.2, 0) is 32.7 Å². The van der Waals surface area contributed by atoms with Crippen LogP contribution in [0.25, 0.3) is 0 Å². The molecule has 6 N–H and O–H groups in total. The maximum Gasteiger partial charge on any atom is 0.472 e. The Hall–Kier alpha value is -1.41. The Morgan fingerprint density at radius 1 is 0.469 bits per heavy atom. The highest BCUT2D eigenvalue weighted by atomic mass is 31.2. The van der Waals surface area contributed by atoms with Crippen molar-refractivity contribution in [2.75, 3.05) is 13.2 Å². The highest BCUT2D eigenvalue weighted by Gasteiger charge is 2.51. The van der Waals surface area contributed by atoms with E-state index in [1.165, 1.54) is 154 Å². The molecule has 0 heterocycles. The number of ether oxygens (including phenoxy) is 2. The van der Waals surface area contributed by atoms with Crippen molar-refractivity contribution >= 4 is 19.8 Å². The first-order valence-electron chi connectivity index (χ1n) is 26.0. The quantitative estimate of drug-likeness (QED) is 0.0146. The van der Waals surface area contributed by atoms with Gasteiger partial charge in [-0.1, -0.05) is 199 Å². The average Bonchev–Trinajstić information content (AvgIpc) is 3.28. The van der Waals surface area contributed by atoms with Gasteiger partial charge in [-0.15, -0.1) is 0 Å². The van der Waals surface area contributed by atoms with E-state index >= 15 is 0 Å². The highest BCUT2D eigenvalue weighted by molar-refractivity contribution is 7.47. The smallest absolute Gasteiger partial charge is 0.462 e. The molecule has 0 aromatic rings. The molecule has 1 aliphatic carbocycles. The van der Waals surface area contributed by atoms with E-state index in [4.69, 9.17) is 18.5 Å². The van der Waals surface area contributed by atoms with Crippen LogP contribution in [0, 0.1) is 0 Å². The number of rotatable bonds is 44. The third-order valence-corrected chi connectivity index (χ3v) is 13.3. The lowest BCUT2D eigenvalue weighted by molar-refractivity contribution is -0.220. The van der Waals surface area contributed by atoms with E-state index in [0.717, 1.165) is 44.9 Å². The molecule has 0 saturated heterocycles. The number of aliphatic hydroxyl groups is 5. The second-order valence-corrected chi connectivity index (χ2v) is 19.8. The van der Waals surface area contributed by atoms with Crippen molar-refractivity contribution in [1.29, 1.82) is 0 Å². The van der Waals surface area contributed by atoms with E-state index in [2.05, 4.69) is 26.0 Å². The Bertz CT molecular complexity index is 1170. The molecule has 1 fully saturated rings. The molecule has 64 heavy (non-hydrogen) atoms. The third-order valence-electron chi connectivity index (χ3n) is 12.4. The van der Waals surface area contributed by atoms with Gasteiger partial charge in [0, 0.05) is 12.8 Å². The fourth-order valence-electron chi connectivity index (χ4n) is 8.17. The van der Waals surface area contributed by atoms with Gasteiger partial charge in [0.05, 0.1) is 6.61 Å². The van der Waals surface area contributed by atoms with Crippen molar-refractivity contribution in [2.45, 2.75) is 281 Å². The zero-order valence-electron chi connectivity index (χ0n) is 40.3. The van der Waals surface area contributed by atoms with E-state index in [9.17, 15) is 44.6 Å². The molecule has 1 saturated carbocycles. The average molecular weight is 935 g/mol. The summed E-state index contributed by atoms with van der Waals surface area (Å²) in [6, 6.07) is 0. The van der Waals surface area contributed by atoms with Crippen molar-refractivity contribution < 1.29 is 63.1 Å². The summed E-state index contributed by atoms with van der Waals surface area (Å²) < 4.78 is 33.6. The zero-order valence-corrected chi connectivity index (χ0v) is 41.2. The number of hydrogen-bond acceptors (Lipinski definition) is 12. The summed E-state index contributed by atoms with van der Waals surface area (Å²) in [7, 11) is -5.11. The predicted molar refractivity (Wildman–Crippen MR) is 254 cm³/mol. The van der Waals surface area contributed by atoms with Crippen LogP contribution in [0.3, 0.4) is 0 Å². The number of hydrogen-bond donors (Lipinski definition) is 6. The molecule has 1 aliphatic rings. The van der Waals surface area contributed by atoms with Gasteiger partial charge in [-0.25, -0.2) is 4.57 Å². The van der Waals surface area contributed by atoms with E-state index in [1.807, 2.05) is 0 Å². The van der Waals surface area contributed by atoms with Gasteiger partial charge in [0.25, 0.3) is 0 Å². The molecule has 6 unspecified atom stereocenters. The Morgan fingerprint density at radius 2 is 0.797 bits per heavy atom. The number of allylic oxidation sites excluding steroid dienone is 2. The lowest BCUT2D eigenvalue weighted by Crippen LogP contribution is -2.64. The largest absolute Gasteiger partial charge is 0.472 e. The molecule has 378 valence electrons. The standard InChI is InChI=1S/C50H95O13P/c1-3-5-7-9-11-13-15-17-18-19-20-21-22-23-24-25-26-27-29-31-33-35-37-39-44(52)62-42(40-60-43(51)38-36-34-32-30-28-16-14-12-10-8-6-4-2)41-61-64(58,59)63-50-48(56)46(54)45(53)47(55)49(50)57/h19-20,42,45-50,53-57H,3-18,21-41H2,1-2H3,(H,58,59)/b20-19-. The van der Waals surface area contributed by atoms with Crippen LogP contribution in [-0.4, -0.2) is 98.3 Å². The van der Waals surface area contributed by atoms with Gasteiger partial charge in [0.2, 0.25) is 0 Å². The van der Waals surface area contributed by atoms with Crippen molar-refractivity contribution in [3.63, 3.8) is 0 Å². The maximum absolute atomic E-state index is 12.8. The van der Waals surface area contributed by atoms with E-state index in [-0.39, 0.29) is 12.8 Å². The number of carbonyl (C=O) groups excluding carboxylic acids is 2. The number of carbonyl (C=O) groups is 2. The Kier molecular flexibility index (Phi) is 38.5. The summed E-state index contributed by atoms with van der Waals surface area (Å²) in [5, 5.41) is 50.2. The molecular formula is C50H95O13P. The minimum Gasteiger partial charge on any atom is -0.462 e. The molecule has 0 bridgehead atoms. The molecule has 0 spiro atoms. The van der Waals surface area contributed by atoms with Gasteiger partial charge in [-0.2, -0.15) is 0 Å². The van der Waals surface area contributed by atoms with E-state index in [0.29, 0.717) is 12.8 Å². The first kappa shape index (κ1) is 60.6. The van der Waals surface area contributed by atoms with Gasteiger partial charge >= 0.3 is 19.8 Å². The summed E-state index contributed by atoms with van der Waals surface area (Å²) in [5.41, 5.74) is 0. The lowest BCUT2D eigenvalue weighted by atomic mass is 9.85. The zero-order chi connectivity index (χ0) is 47.1. The second kappa shape index (κ2) is 40.6. The minimum absolute atomic E-state index is 0.101. The van der Waals surface area contributed by atoms with Crippen LogP contribution in [0.4, 0.5) is 0 Å². The predicted octanol–water partition coefficient (Wildman–Crippen LogP) is 11.0. The highest BCUT2D eigenvalue weighted by Crippen LogP contribution is 2.47. The van der Waals surface area contributed by atoms with Gasteiger partial charge in [-0.05, 0) is 38.5 Å². The second-order valence-electron chi connectivity index (χ2n) is 18.4. The lowest BCUT2D eigenvalue weighted by Gasteiger charge is -2.41. The SMILES string of the molecule is CCCCCCCCCC/C=C\CCCCCCCCCCCCCC(=O)OC(COC(=O)CCCCCCCCCCCCCC)COP(=O)(O)OC1C(O)C(O)C(O)C(O)C1O. The van der Waals surface area contributed by atoms with Crippen LogP contribution >= 0.6 is 7.82 Å².